The number of aromatic nitrogens is 3. The zero-order valence-corrected chi connectivity index (χ0v) is 16.1. The van der Waals surface area contributed by atoms with Crippen LogP contribution < -0.4 is 10.6 Å². The molecule has 1 unspecified atom stereocenters. The van der Waals surface area contributed by atoms with Crippen molar-refractivity contribution in [2.24, 2.45) is 7.05 Å². The third kappa shape index (κ3) is 4.16. The molecule has 1 atom stereocenters. The van der Waals surface area contributed by atoms with Crippen LogP contribution in [0.3, 0.4) is 0 Å². The highest BCUT2D eigenvalue weighted by molar-refractivity contribution is 7.19. The zero-order valence-electron chi connectivity index (χ0n) is 15.3. The molecule has 0 fully saturated rings. The maximum absolute atomic E-state index is 13.6. The quantitative estimate of drug-likeness (QED) is 0.662. The van der Waals surface area contributed by atoms with Crippen LogP contribution >= 0.6 is 11.3 Å². The molecule has 2 aromatic heterocycles. The first-order valence-electron chi connectivity index (χ1n) is 8.32. The van der Waals surface area contributed by atoms with Gasteiger partial charge in [-0.25, -0.2) is 9.78 Å². The van der Waals surface area contributed by atoms with Gasteiger partial charge in [-0.05, 0) is 19.4 Å². The van der Waals surface area contributed by atoms with E-state index in [-0.39, 0.29) is 16.4 Å². The molecule has 148 valence electrons. The number of thiazole rings is 1. The summed E-state index contributed by atoms with van der Waals surface area (Å²) in [5.41, 5.74) is 1.39. The highest BCUT2D eigenvalue weighted by Crippen LogP contribution is 2.36. The van der Waals surface area contributed by atoms with Gasteiger partial charge >= 0.3 is 12.2 Å². The molecule has 0 aliphatic heterocycles. The third-order valence-corrected chi connectivity index (χ3v) is 5.20. The highest BCUT2D eigenvalue weighted by Gasteiger charge is 2.44. The summed E-state index contributed by atoms with van der Waals surface area (Å²) in [5.74, 6) is 0. The molecule has 0 radical (unpaired) electrons. The molecular weight excluding hydrogens is 391 g/mol. The molecule has 2 amide bonds. The van der Waals surface area contributed by atoms with Crippen LogP contribution in [0.2, 0.25) is 0 Å². The second kappa shape index (κ2) is 7.63. The van der Waals surface area contributed by atoms with Crippen LogP contribution in [-0.2, 0) is 7.05 Å². The van der Waals surface area contributed by atoms with Crippen molar-refractivity contribution >= 4 is 22.5 Å². The number of amides is 2. The van der Waals surface area contributed by atoms with E-state index in [0.717, 1.165) is 10.4 Å². The molecular formula is C18H18F3N5OS. The first kappa shape index (κ1) is 19.9. The first-order chi connectivity index (χ1) is 13.2. The Morgan fingerprint density at radius 2 is 1.89 bits per heavy atom. The molecule has 3 aromatic rings. The number of urea groups is 1. The number of nitrogens with one attached hydrogen (secondary N) is 2. The monoisotopic (exact) mass is 409 g/mol. The van der Waals surface area contributed by atoms with Gasteiger partial charge in [0.15, 0.2) is 11.2 Å². The maximum Gasteiger partial charge on any atom is 0.413 e. The minimum absolute atomic E-state index is 0.0609. The van der Waals surface area contributed by atoms with Gasteiger partial charge in [-0.3, -0.25) is 10.00 Å². The van der Waals surface area contributed by atoms with E-state index < -0.39 is 18.2 Å². The topological polar surface area (TPSA) is 71.8 Å². The molecule has 0 saturated carbocycles. The number of carbonyl (C=O) groups is 1. The van der Waals surface area contributed by atoms with Crippen molar-refractivity contribution in [3.8, 4) is 10.4 Å². The summed E-state index contributed by atoms with van der Waals surface area (Å²) in [6, 6.07) is 6.20. The van der Waals surface area contributed by atoms with Gasteiger partial charge in [0.2, 0.25) is 0 Å². The molecule has 0 saturated heterocycles. The Morgan fingerprint density at radius 1 is 1.21 bits per heavy atom. The Hall–Kier alpha value is -2.88. The van der Waals surface area contributed by atoms with Crippen LogP contribution in [-0.4, -0.2) is 27.0 Å². The minimum Gasteiger partial charge on any atom is -0.322 e. The molecule has 2 N–H and O–H groups in total. The van der Waals surface area contributed by atoms with Crippen LogP contribution in [0, 0.1) is 13.8 Å². The van der Waals surface area contributed by atoms with Gasteiger partial charge in [0.05, 0.1) is 10.6 Å². The molecule has 28 heavy (non-hydrogen) atoms. The van der Waals surface area contributed by atoms with Gasteiger partial charge in [-0.2, -0.15) is 18.3 Å². The predicted molar refractivity (Wildman–Crippen MR) is 101 cm³/mol. The maximum atomic E-state index is 13.6. The van der Waals surface area contributed by atoms with Gasteiger partial charge in [-0.1, -0.05) is 41.7 Å². The van der Waals surface area contributed by atoms with Gasteiger partial charge in [0, 0.05) is 24.5 Å². The molecule has 0 bridgehead atoms. The van der Waals surface area contributed by atoms with E-state index in [0.29, 0.717) is 5.69 Å². The fraction of sp³-hybridized carbons (Fsp3) is 0.278. The van der Waals surface area contributed by atoms with Crippen LogP contribution in [0.5, 0.6) is 0 Å². The average molecular weight is 409 g/mol. The number of alkyl halides is 3. The fourth-order valence-corrected chi connectivity index (χ4v) is 3.67. The lowest BCUT2D eigenvalue weighted by atomic mass is 10.0. The lowest BCUT2D eigenvalue weighted by Crippen LogP contribution is -2.41. The van der Waals surface area contributed by atoms with E-state index in [1.54, 1.807) is 13.2 Å². The van der Waals surface area contributed by atoms with E-state index in [2.05, 4.69) is 15.4 Å². The number of aryl methyl sites for hydroxylation is 2. The summed E-state index contributed by atoms with van der Waals surface area (Å²) in [6.07, 6.45) is -3.11. The van der Waals surface area contributed by atoms with E-state index in [1.807, 2.05) is 35.6 Å². The average Bonchev–Trinajstić information content (AvgIpc) is 3.18. The number of carbonyl (C=O) groups excluding carboxylic acids is 1. The molecule has 1 aromatic carbocycles. The second-order valence-electron chi connectivity index (χ2n) is 6.18. The Morgan fingerprint density at radius 3 is 2.46 bits per heavy atom. The molecule has 0 aliphatic rings. The Bertz CT molecular complexity index is 981. The molecule has 3 rings (SSSR count). The van der Waals surface area contributed by atoms with Crippen molar-refractivity contribution in [2.75, 3.05) is 5.32 Å². The van der Waals surface area contributed by atoms with Crippen molar-refractivity contribution in [3.05, 3.63) is 53.5 Å². The molecule has 6 nitrogen and oxygen atoms in total. The summed E-state index contributed by atoms with van der Waals surface area (Å²) < 4.78 is 42.2. The van der Waals surface area contributed by atoms with Crippen molar-refractivity contribution in [2.45, 2.75) is 26.1 Å². The lowest BCUT2D eigenvalue weighted by Gasteiger charge is -2.22. The van der Waals surface area contributed by atoms with Gasteiger partial charge < -0.3 is 5.32 Å². The molecule has 0 spiro atoms. The molecule has 0 aliphatic carbocycles. The Labute approximate surface area is 163 Å². The number of halogens is 3. The summed E-state index contributed by atoms with van der Waals surface area (Å²) in [4.78, 5) is 17.1. The summed E-state index contributed by atoms with van der Waals surface area (Å²) in [6.45, 7) is 3.01. The minimum atomic E-state index is -4.67. The van der Waals surface area contributed by atoms with Crippen molar-refractivity contribution in [3.63, 3.8) is 0 Å². The van der Waals surface area contributed by atoms with E-state index >= 15 is 0 Å². The second-order valence-corrected chi connectivity index (χ2v) is 7.21. The van der Waals surface area contributed by atoms with E-state index in [1.165, 1.54) is 29.9 Å². The summed E-state index contributed by atoms with van der Waals surface area (Å²) >= 11 is 1.17. The Kier molecular flexibility index (Phi) is 5.41. The highest BCUT2D eigenvalue weighted by atomic mass is 32.1. The fourth-order valence-electron chi connectivity index (χ4n) is 2.86. The SMILES string of the molecule is Cc1nn(C)c(C)c1C(NC(=O)Nc1ncc(-c2ccccc2)s1)C(F)(F)F. The van der Waals surface area contributed by atoms with Gasteiger partial charge in [0.25, 0.3) is 0 Å². The van der Waals surface area contributed by atoms with Crippen LogP contribution in [0.4, 0.5) is 23.1 Å². The number of hydrogen-bond acceptors (Lipinski definition) is 4. The van der Waals surface area contributed by atoms with E-state index in [9.17, 15) is 18.0 Å². The first-order valence-corrected chi connectivity index (χ1v) is 9.14. The third-order valence-electron chi connectivity index (χ3n) is 4.24. The van der Waals surface area contributed by atoms with Gasteiger partial charge in [0.1, 0.15) is 0 Å². The standard InChI is InChI=1S/C18H18F3N5OS/c1-10-14(11(2)26(3)25-10)15(18(19,20)21)23-16(27)24-17-22-9-13(28-17)12-7-5-4-6-8-12/h4-9,15H,1-3H3,(H2,22,23,24,27). The van der Waals surface area contributed by atoms with Crippen LogP contribution in [0.1, 0.15) is 23.0 Å². The predicted octanol–water partition coefficient (Wildman–Crippen LogP) is 4.59. The molecule has 2 heterocycles. The smallest absolute Gasteiger partial charge is 0.322 e. The van der Waals surface area contributed by atoms with Crippen molar-refractivity contribution in [1.29, 1.82) is 0 Å². The largest absolute Gasteiger partial charge is 0.413 e. The lowest BCUT2D eigenvalue weighted by molar-refractivity contribution is -0.155. The number of nitrogens with zero attached hydrogens (tertiary/aromatic N) is 3. The van der Waals surface area contributed by atoms with E-state index in [4.69, 9.17) is 0 Å². The summed E-state index contributed by atoms with van der Waals surface area (Å²) in [7, 11) is 1.56. The molecule has 10 heteroatoms. The normalized spacial score (nSPS) is 12.6. The van der Waals surface area contributed by atoms with Crippen LogP contribution in [0.15, 0.2) is 36.5 Å². The van der Waals surface area contributed by atoms with Gasteiger partial charge in [-0.15, -0.1) is 0 Å². The number of benzene rings is 1. The summed E-state index contributed by atoms with van der Waals surface area (Å²) in [5, 5.41) is 8.60. The van der Waals surface area contributed by atoms with Crippen molar-refractivity contribution < 1.29 is 18.0 Å². The number of hydrogen-bond donors (Lipinski definition) is 2. The number of anilines is 1. The van der Waals surface area contributed by atoms with Crippen LogP contribution in [0.25, 0.3) is 10.4 Å². The zero-order chi connectivity index (χ0) is 20.5. The van der Waals surface area contributed by atoms with Crippen molar-refractivity contribution in [1.82, 2.24) is 20.1 Å². The number of rotatable bonds is 4. The Balaban J connectivity index is 1.77.